The van der Waals surface area contributed by atoms with Gasteiger partial charge in [0.15, 0.2) is 0 Å². The zero-order valence-electron chi connectivity index (χ0n) is 17.6. The summed E-state index contributed by atoms with van der Waals surface area (Å²) in [6.45, 7) is 3.69. The molecule has 3 rings (SSSR count). The van der Waals surface area contributed by atoms with Gasteiger partial charge in [0.1, 0.15) is 0 Å². The molecule has 1 aliphatic rings. The highest BCUT2D eigenvalue weighted by molar-refractivity contribution is 7.98. The third kappa shape index (κ3) is 7.80. The van der Waals surface area contributed by atoms with Gasteiger partial charge in [0.25, 0.3) is 5.91 Å². The van der Waals surface area contributed by atoms with Crippen molar-refractivity contribution < 1.29 is 13.2 Å². The van der Waals surface area contributed by atoms with Crippen molar-refractivity contribution in [3.8, 4) is 0 Å². The van der Waals surface area contributed by atoms with E-state index in [4.69, 9.17) is 11.6 Å². The van der Waals surface area contributed by atoms with E-state index in [2.05, 4.69) is 10.2 Å². The van der Waals surface area contributed by atoms with Crippen molar-refractivity contribution in [3.05, 3.63) is 70.2 Å². The number of carbonyl (C=O) groups excluding carboxylic acids is 1. The van der Waals surface area contributed by atoms with Crippen LogP contribution in [0.3, 0.4) is 0 Å². The smallest absolute Gasteiger partial charge is 0.251 e. The van der Waals surface area contributed by atoms with E-state index in [0.29, 0.717) is 44.8 Å². The number of hydrogen-bond acceptors (Lipinski definition) is 5. The summed E-state index contributed by atoms with van der Waals surface area (Å²) in [5.41, 5.74) is 2.87. The molecule has 1 heterocycles. The highest BCUT2D eigenvalue weighted by Crippen LogP contribution is 2.16. The number of thioether (sulfide) groups is 1. The molecular formula is C22H28ClN3O3S2. The van der Waals surface area contributed by atoms with Gasteiger partial charge >= 0.3 is 0 Å². The minimum Gasteiger partial charge on any atom is -0.351 e. The molecule has 0 spiro atoms. The molecule has 0 unspecified atom stereocenters. The summed E-state index contributed by atoms with van der Waals surface area (Å²) in [5.74, 6) is 1.60. The molecule has 1 aliphatic heterocycles. The number of carbonyl (C=O) groups is 1. The van der Waals surface area contributed by atoms with Crippen LogP contribution in [-0.2, 0) is 22.3 Å². The molecule has 1 N–H and O–H groups in total. The van der Waals surface area contributed by atoms with Gasteiger partial charge in [-0.2, -0.15) is 16.1 Å². The van der Waals surface area contributed by atoms with E-state index in [1.165, 1.54) is 16.1 Å². The summed E-state index contributed by atoms with van der Waals surface area (Å²) in [4.78, 5) is 14.7. The average molecular weight is 482 g/mol. The number of benzene rings is 2. The van der Waals surface area contributed by atoms with E-state index < -0.39 is 10.0 Å². The van der Waals surface area contributed by atoms with Crippen LogP contribution in [0.4, 0.5) is 0 Å². The number of sulfonamides is 1. The maximum Gasteiger partial charge on any atom is 0.251 e. The van der Waals surface area contributed by atoms with Crippen LogP contribution in [0.5, 0.6) is 0 Å². The molecule has 6 nitrogen and oxygen atoms in total. The van der Waals surface area contributed by atoms with Gasteiger partial charge in [-0.15, -0.1) is 0 Å². The molecule has 0 bridgehead atoms. The SMILES string of the molecule is CS(=O)(=O)N1CCN(Cc2cccc(C(=O)NCCSCc3cccc(Cl)c3)c2)CC1. The van der Waals surface area contributed by atoms with Crippen LogP contribution in [0.1, 0.15) is 21.5 Å². The first-order chi connectivity index (χ1) is 14.8. The minimum absolute atomic E-state index is 0.0768. The van der Waals surface area contributed by atoms with Crippen molar-refractivity contribution in [2.75, 3.05) is 44.7 Å². The lowest BCUT2D eigenvalue weighted by Gasteiger charge is -2.33. The van der Waals surface area contributed by atoms with Crippen LogP contribution in [0.2, 0.25) is 5.02 Å². The Morgan fingerprint density at radius 1 is 1.06 bits per heavy atom. The molecule has 2 aromatic rings. The number of piperazine rings is 1. The number of halogens is 1. The first kappa shape index (κ1) is 24.1. The fraction of sp³-hybridized carbons (Fsp3) is 0.409. The minimum atomic E-state index is -3.12. The van der Waals surface area contributed by atoms with Crippen molar-refractivity contribution >= 4 is 39.3 Å². The Morgan fingerprint density at radius 2 is 1.77 bits per heavy atom. The van der Waals surface area contributed by atoms with Crippen molar-refractivity contribution in [3.63, 3.8) is 0 Å². The third-order valence-corrected chi connectivity index (χ3v) is 7.65. The quantitative estimate of drug-likeness (QED) is 0.557. The van der Waals surface area contributed by atoms with Gasteiger partial charge in [-0.3, -0.25) is 9.69 Å². The standard InChI is InChI=1S/C22H28ClN3O3S2/c1-31(28,29)26-11-9-25(10-12-26)16-18-4-2-6-20(14-18)22(27)24-8-13-30-17-19-5-3-7-21(23)15-19/h2-7,14-15H,8-13,16-17H2,1H3,(H,24,27). The summed E-state index contributed by atoms with van der Waals surface area (Å²) >= 11 is 7.75. The fourth-order valence-electron chi connectivity index (χ4n) is 3.44. The van der Waals surface area contributed by atoms with Crippen molar-refractivity contribution in [1.29, 1.82) is 0 Å². The Kier molecular flexibility index (Phi) is 8.80. The van der Waals surface area contributed by atoms with Crippen LogP contribution in [0.25, 0.3) is 0 Å². The lowest BCUT2D eigenvalue weighted by molar-refractivity contribution is 0.0956. The molecule has 0 atom stereocenters. The molecule has 1 fully saturated rings. The van der Waals surface area contributed by atoms with Crippen LogP contribution in [-0.4, -0.2) is 68.3 Å². The molecule has 0 aliphatic carbocycles. The Hall–Kier alpha value is -1.58. The molecule has 31 heavy (non-hydrogen) atoms. The van der Waals surface area contributed by atoms with Gasteiger partial charge in [-0.05, 0) is 35.4 Å². The largest absolute Gasteiger partial charge is 0.351 e. The average Bonchev–Trinajstić information content (AvgIpc) is 2.73. The maximum atomic E-state index is 12.5. The highest BCUT2D eigenvalue weighted by atomic mass is 35.5. The van der Waals surface area contributed by atoms with E-state index in [1.54, 1.807) is 11.8 Å². The van der Waals surface area contributed by atoms with E-state index in [9.17, 15) is 13.2 Å². The van der Waals surface area contributed by atoms with E-state index in [1.807, 2.05) is 48.5 Å². The van der Waals surface area contributed by atoms with Gasteiger partial charge in [0.05, 0.1) is 6.26 Å². The second-order valence-corrected chi connectivity index (χ2v) is 11.1. The molecule has 0 aromatic heterocycles. The molecule has 1 amide bonds. The molecule has 0 saturated carbocycles. The highest BCUT2D eigenvalue weighted by Gasteiger charge is 2.23. The number of hydrogen-bond donors (Lipinski definition) is 1. The van der Waals surface area contributed by atoms with Crippen LogP contribution < -0.4 is 5.32 Å². The Labute approximate surface area is 194 Å². The number of nitrogens with one attached hydrogen (secondary N) is 1. The first-order valence-electron chi connectivity index (χ1n) is 10.2. The van der Waals surface area contributed by atoms with Crippen LogP contribution in [0, 0.1) is 0 Å². The van der Waals surface area contributed by atoms with Gasteiger partial charge in [-0.25, -0.2) is 8.42 Å². The second kappa shape index (κ2) is 11.3. The Bertz CT molecular complexity index is 993. The number of rotatable bonds is 9. The van der Waals surface area contributed by atoms with Crippen molar-refractivity contribution in [2.24, 2.45) is 0 Å². The molecule has 168 valence electrons. The normalized spacial score (nSPS) is 15.7. The summed E-state index contributed by atoms with van der Waals surface area (Å²) in [7, 11) is -3.12. The van der Waals surface area contributed by atoms with Gasteiger partial charge < -0.3 is 5.32 Å². The molecule has 0 radical (unpaired) electrons. The summed E-state index contributed by atoms with van der Waals surface area (Å²) in [5, 5.41) is 3.72. The number of nitrogens with zero attached hydrogens (tertiary/aromatic N) is 2. The zero-order chi connectivity index (χ0) is 22.3. The molecule has 9 heteroatoms. The lowest BCUT2D eigenvalue weighted by atomic mass is 10.1. The molecular weight excluding hydrogens is 454 g/mol. The zero-order valence-corrected chi connectivity index (χ0v) is 20.0. The van der Waals surface area contributed by atoms with Crippen molar-refractivity contribution in [1.82, 2.24) is 14.5 Å². The molecule has 2 aromatic carbocycles. The van der Waals surface area contributed by atoms with Crippen LogP contribution >= 0.6 is 23.4 Å². The number of amides is 1. The lowest BCUT2D eigenvalue weighted by Crippen LogP contribution is -2.47. The fourth-order valence-corrected chi connectivity index (χ4v) is 5.29. The second-order valence-electron chi connectivity index (χ2n) is 7.58. The van der Waals surface area contributed by atoms with Gasteiger partial charge in [-0.1, -0.05) is 35.9 Å². The van der Waals surface area contributed by atoms with E-state index in [0.717, 1.165) is 22.1 Å². The third-order valence-electron chi connectivity index (χ3n) is 5.09. The summed E-state index contributed by atoms with van der Waals surface area (Å²) < 4.78 is 24.8. The van der Waals surface area contributed by atoms with Crippen molar-refractivity contribution in [2.45, 2.75) is 12.3 Å². The van der Waals surface area contributed by atoms with E-state index >= 15 is 0 Å². The Balaban J connectivity index is 1.41. The van der Waals surface area contributed by atoms with Gasteiger partial charge in [0.2, 0.25) is 10.0 Å². The predicted molar refractivity (Wildman–Crippen MR) is 128 cm³/mol. The van der Waals surface area contributed by atoms with Crippen LogP contribution in [0.15, 0.2) is 48.5 Å². The maximum absolute atomic E-state index is 12.5. The predicted octanol–water partition coefficient (Wildman–Crippen LogP) is 3.08. The summed E-state index contributed by atoms with van der Waals surface area (Å²) in [6, 6.07) is 15.4. The first-order valence-corrected chi connectivity index (χ1v) is 13.6. The Morgan fingerprint density at radius 3 is 2.48 bits per heavy atom. The molecule has 1 saturated heterocycles. The monoisotopic (exact) mass is 481 g/mol. The summed E-state index contributed by atoms with van der Waals surface area (Å²) in [6.07, 6.45) is 1.25. The topological polar surface area (TPSA) is 69.7 Å². The van der Waals surface area contributed by atoms with E-state index in [-0.39, 0.29) is 5.91 Å². The van der Waals surface area contributed by atoms with Gasteiger partial charge in [0, 0.05) is 61.4 Å².